The van der Waals surface area contributed by atoms with Gasteiger partial charge in [-0.15, -0.1) is 0 Å². The summed E-state index contributed by atoms with van der Waals surface area (Å²) < 4.78 is 5.58. The highest BCUT2D eigenvalue weighted by molar-refractivity contribution is 5.91. The van der Waals surface area contributed by atoms with E-state index in [-0.39, 0.29) is 18.4 Å². The zero-order valence-electron chi connectivity index (χ0n) is 16.8. The number of carbonyl (C=O) groups is 3. The van der Waals surface area contributed by atoms with E-state index in [0.29, 0.717) is 5.56 Å². The minimum absolute atomic E-state index is 0.00694. The van der Waals surface area contributed by atoms with E-state index in [9.17, 15) is 19.5 Å². The first kappa shape index (κ1) is 22.8. The van der Waals surface area contributed by atoms with Crippen LogP contribution in [0.15, 0.2) is 30.3 Å². The Morgan fingerprint density at radius 2 is 1.72 bits per heavy atom. The van der Waals surface area contributed by atoms with Gasteiger partial charge in [0.2, 0.25) is 5.91 Å². The van der Waals surface area contributed by atoms with Crippen molar-refractivity contribution in [2.75, 3.05) is 0 Å². The molecule has 0 heterocycles. The van der Waals surface area contributed by atoms with E-state index in [1.807, 2.05) is 13.8 Å². The summed E-state index contributed by atoms with van der Waals surface area (Å²) in [5.41, 5.74) is 1.92. The molecule has 0 radical (unpaired) electrons. The molecule has 160 valence electrons. The molecule has 0 spiro atoms. The first-order chi connectivity index (χ1) is 13.8. The summed E-state index contributed by atoms with van der Waals surface area (Å²) >= 11 is 0. The lowest BCUT2D eigenvalue weighted by atomic mass is 9.90. The van der Waals surface area contributed by atoms with Gasteiger partial charge in [0.05, 0.1) is 5.92 Å². The van der Waals surface area contributed by atoms with Gasteiger partial charge in [-0.3, -0.25) is 14.8 Å². The minimum Gasteiger partial charge on any atom is -0.461 e. The Labute approximate surface area is 170 Å². The summed E-state index contributed by atoms with van der Waals surface area (Å²) in [7, 11) is 0. The largest absolute Gasteiger partial charge is 0.461 e. The summed E-state index contributed by atoms with van der Waals surface area (Å²) in [4.78, 5) is 37.4. The van der Waals surface area contributed by atoms with Crippen LogP contribution in [-0.4, -0.2) is 40.3 Å². The van der Waals surface area contributed by atoms with Crippen molar-refractivity contribution in [2.45, 2.75) is 64.2 Å². The molecule has 0 saturated heterocycles. The van der Waals surface area contributed by atoms with Gasteiger partial charge in [0.1, 0.15) is 12.2 Å². The first-order valence-corrected chi connectivity index (χ1v) is 10.0. The Morgan fingerprint density at radius 3 is 2.28 bits per heavy atom. The molecule has 8 heteroatoms. The molecule has 0 aromatic heterocycles. The van der Waals surface area contributed by atoms with Crippen LogP contribution in [0.25, 0.3) is 0 Å². The van der Waals surface area contributed by atoms with Gasteiger partial charge in [-0.25, -0.2) is 10.3 Å². The molecule has 1 aliphatic carbocycles. The summed E-state index contributed by atoms with van der Waals surface area (Å²) in [6, 6.07) is 7.64. The van der Waals surface area contributed by atoms with Gasteiger partial charge >= 0.3 is 5.97 Å². The van der Waals surface area contributed by atoms with Crippen molar-refractivity contribution in [3.8, 4) is 0 Å². The van der Waals surface area contributed by atoms with Crippen LogP contribution in [0.1, 0.15) is 57.6 Å². The number of rotatable bonds is 9. The fourth-order valence-corrected chi connectivity index (χ4v) is 3.55. The minimum atomic E-state index is -1.75. The Kier molecular flexibility index (Phi) is 8.60. The third-order valence-corrected chi connectivity index (χ3v) is 5.06. The molecule has 8 nitrogen and oxygen atoms in total. The third-order valence-electron chi connectivity index (χ3n) is 5.06. The third kappa shape index (κ3) is 6.54. The molecule has 1 aromatic rings. The zero-order chi connectivity index (χ0) is 21.4. The summed E-state index contributed by atoms with van der Waals surface area (Å²) in [6.45, 7) is 3.68. The summed E-state index contributed by atoms with van der Waals surface area (Å²) in [5, 5.41) is 21.6. The lowest BCUT2D eigenvalue weighted by Crippen LogP contribution is -2.47. The van der Waals surface area contributed by atoms with Crippen LogP contribution < -0.4 is 10.8 Å². The van der Waals surface area contributed by atoms with Gasteiger partial charge in [0.25, 0.3) is 5.91 Å². The van der Waals surface area contributed by atoms with Crippen LogP contribution in [0.4, 0.5) is 0 Å². The molecule has 1 saturated carbocycles. The maximum atomic E-state index is 12.9. The molecule has 3 atom stereocenters. The Bertz CT molecular complexity index is 688. The van der Waals surface area contributed by atoms with Gasteiger partial charge in [-0.1, -0.05) is 44.2 Å². The highest BCUT2D eigenvalue weighted by atomic mass is 16.5. The Hall–Kier alpha value is -2.45. The van der Waals surface area contributed by atoms with E-state index in [0.717, 1.165) is 25.7 Å². The predicted molar refractivity (Wildman–Crippen MR) is 105 cm³/mol. The Morgan fingerprint density at radius 1 is 1.10 bits per heavy atom. The molecule has 29 heavy (non-hydrogen) atoms. The van der Waals surface area contributed by atoms with E-state index >= 15 is 0 Å². The molecular formula is C21H30N2O6. The molecular weight excluding hydrogens is 376 g/mol. The standard InChI is InChI=1S/C21H30N2O6/c1-13(2)12-16(18(24)20(26)23-28)19(25)22-17(14-8-4-3-5-9-14)21(27)29-15-10-6-7-11-15/h3-5,8-9,13,15-18,24,28H,6-7,10-12H2,1-2H3,(H,22,25)(H,23,26)/t16-,17+,18+/m0/s1. The molecule has 0 bridgehead atoms. The quantitative estimate of drug-likeness (QED) is 0.282. The van der Waals surface area contributed by atoms with E-state index < -0.39 is 35.8 Å². The number of hydrogen-bond donors (Lipinski definition) is 4. The van der Waals surface area contributed by atoms with Crippen molar-refractivity contribution in [1.82, 2.24) is 10.8 Å². The molecule has 4 N–H and O–H groups in total. The van der Waals surface area contributed by atoms with Crippen LogP contribution in [0, 0.1) is 11.8 Å². The number of aliphatic hydroxyl groups is 1. The molecule has 0 unspecified atom stereocenters. The van der Waals surface area contributed by atoms with E-state index in [1.165, 1.54) is 5.48 Å². The lowest BCUT2D eigenvalue weighted by Gasteiger charge is -2.26. The highest BCUT2D eigenvalue weighted by Crippen LogP contribution is 2.25. The van der Waals surface area contributed by atoms with Crippen molar-refractivity contribution in [2.24, 2.45) is 11.8 Å². The molecule has 2 amide bonds. The number of aliphatic hydroxyl groups excluding tert-OH is 1. The summed E-state index contributed by atoms with van der Waals surface area (Å²) in [5.74, 6) is -3.44. The maximum absolute atomic E-state index is 12.9. The van der Waals surface area contributed by atoms with Crippen molar-refractivity contribution in [3.63, 3.8) is 0 Å². The smallest absolute Gasteiger partial charge is 0.333 e. The number of carbonyl (C=O) groups excluding carboxylic acids is 3. The van der Waals surface area contributed by atoms with Crippen LogP contribution >= 0.6 is 0 Å². The molecule has 1 fully saturated rings. The normalized spacial score (nSPS) is 17.4. The van der Waals surface area contributed by atoms with Crippen LogP contribution in [0.2, 0.25) is 0 Å². The van der Waals surface area contributed by atoms with Gasteiger partial charge in [0, 0.05) is 0 Å². The second-order valence-electron chi connectivity index (χ2n) is 7.85. The lowest BCUT2D eigenvalue weighted by molar-refractivity contribution is -0.154. The average Bonchev–Trinajstić information content (AvgIpc) is 3.22. The predicted octanol–water partition coefficient (Wildman–Crippen LogP) is 1.86. The van der Waals surface area contributed by atoms with Crippen molar-refractivity contribution >= 4 is 17.8 Å². The number of amides is 2. The number of esters is 1. The Balaban J connectivity index is 2.21. The average molecular weight is 406 g/mol. The zero-order valence-corrected chi connectivity index (χ0v) is 16.8. The van der Waals surface area contributed by atoms with Crippen molar-refractivity contribution in [1.29, 1.82) is 0 Å². The second-order valence-corrected chi connectivity index (χ2v) is 7.85. The van der Waals surface area contributed by atoms with Gasteiger partial charge in [-0.05, 0) is 43.6 Å². The van der Waals surface area contributed by atoms with E-state index in [4.69, 9.17) is 9.94 Å². The summed E-state index contributed by atoms with van der Waals surface area (Å²) in [6.07, 6.45) is 1.88. The van der Waals surface area contributed by atoms with Gasteiger partial charge < -0.3 is 15.2 Å². The monoisotopic (exact) mass is 406 g/mol. The van der Waals surface area contributed by atoms with Crippen LogP contribution in [-0.2, 0) is 19.1 Å². The number of benzene rings is 1. The van der Waals surface area contributed by atoms with E-state index in [1.54, 1.807) is 30.3 Å². The highest BCUT2D eigenvalue weighted by Gasteiger charge is 2.36. The molecule has 1 aliphatic rings. The first-order valence-electron chi connectivity index (χ1n) is 10.0. The topological polar surface area (TPSA) is 125 Å². The number of nitrogens with one attached hydrogen (secondary N) is 2. The van der Waals surface area contributed by atoms with Crippen LogP contribution in [0.5, 0.6) is 0 Å². The molecule has 0 aliphatic heterocycles. The molecule has 1 aromatic carbocycles. The van der Waals surface area contributed by atoms with E-state index in [2.05, 4.69) is 5.32 Å². The number of ether oxygens (including phenoxy) is 1. The molecule has 2 rings (SSSR count). The number of hydroxylamine groups is 1. The number of hydrogen-bond acceptors (Lipinski definition) is 6. The maximum Gasteiger partial charge on any atom is 0.333 e. The van der Waals surface area contributed by atoms with Gasteiger partial charge in [-0.2, -0.15) is 0 Å². The SMILES string of the molecule is CC(C)C[C@H](C(=O)N[C@@H](C(=O)OC1CCCC1)c1ccccc1)[C@@H](O)C(=O)NO. The second kappa shape index (κ2) is 10.9. The fourth-order valence-electron chi connectivity index (χ4n) is 3.55. The van der Waals surface area contributed by atoms with Crippen molar-refractivity contribution < 1.29 is 29.4 Å². The fraction of sp³-hybridized carbons (Fsp3) is 0.571. The van der Waals surface area contributed by atoms with Crippen LogP contribution in [0.3, 0.4) is 0 Å². The van der Waals surface area contributed by atoms with Gasteiger partial charge in [0.15, 0.2) is 6.04 Å². The van der Waals surface area contributed by atoms with Crippen molar-refractivity contribution in [3.05, 3.63) is 35.9 Å².